The summed E-state index contributed by atoms with van der Waals surface area (Å²) in [5.74, 6) is 0.682. The Morgan fingerprint density at radius 3 is 2.62 bits per heavy atom. The maximum Gasteiger partial charge on any atom is 0.235 e. The van der Waals surface area contributed by atoms with Crippen LogP contribution in [0, 0.1) is 0 Å². The lowest BCUT2D eigenvalue weighted by molar-refractivity contribution is 0.414. The van der Waals surface area contributed by atoms with Crippen LogP contribution in [0.5, 0.6) is 5.75 Å². The Hall–Kier alpha value is -0.750. The summed E-state index contributed by atoms with van der Waals surface area (Å²) < 4.78 is 31.7. The van der Waals surface area contributed by atoms with E-state index < -0.39 is 10.0 Å². The standard InChI is InChI=1S/C10H12BrNO3S/c1-15-7-2-5-10(9(11)6-7)12-16(13,14)8-3-4-8/h2,5-6,8,12H,3-4H2,1H3. The number of sulfonamides is 1. The van der Waals surface area contributed by atoms with Gasteiger partial charge in [-0.05, 0) is 47.0 Å². The smallest absolute Gasteiger partial charge is 0.235 e. The van der Waals surface area contributed by atoms with E-state index in [0.717, 1.165) is 12.8 Å². The van der Waals surface area contributed by atoms with Crippen LogP contribution < -0.4 is 9.46 Å². The molecule has 0 heterocycles. The summed E-state index contributed by atoms with van der Waals surface area (Å²) in [4.78, 5) is 0. The zero-order chi connectivity index (χ0) is 11.8. The summed E-state index contributed by atoms with van der Waals surface area (Å²) in [6, 6.07) is 5.13. The highest BCUT2D eigenvalue weighted by Gasteiger charge is 2.35. The van der Waals surface area contributed by atoms with Crippen molar-refractivity contribution in [2.24, 2.45) is 0 Å². The number of rotatable bonds is 4. The fourth-order valence-electron chi connectivity index (χ4n) is 1.32. The van der Waals surface area contributed by atoms with Gasteiger partial charge >= 0.3 is 0 Å². The van der Waals surface area contributed by atoms with E-state index in [1.807, 2.05) is 0 Å². The number of hydrogen-bond donors (Lipinski definition) is 1. The number of ether oxygens (including phenoxy) is 1. The number of halogens is 1. The second kappa shape index (κ2) is 4.25. The lowest BCUT2D eigenvalue weighted by atomic mass is 10.3. The molecule has 1 aromatic rings. The molecule has 1 saturated carbocycles. The van der Waals surface area contributed by atoms with Crippen molar-refractivity contribution in [1.82, 2.24) is 0 Å². The minimum Gasteiger partial charge on any atom is -0.497 e. The molecule has 1 aliphatic carbocycles. The van der Waals surface area contributed by atoms with Crippen LogP contribution in [-0.4, -0.2) is 20.8 Å². The van der Waals surface area contributed by atoms with Crippen molar-refractivity contribution in [3.63, 3.8) is 0 Å². The second-order valence-electron chi connectivity index (χ2n) is 3.69. The lowest BCUT2D eigenvalue weighted by Crippen LogP contribution is -2.17. The Labute approximate surface area is 103 Å². The molecule has 4 nitrogen and oxygen atoms in total. The van der Waals surface area contributed by atoms with Crippen molar-refractivity contribution in [2.75, 3.05) is 11.8 Å². The normalized spacial score (nSPS) is 15.9. The fraction of sp³-hybridized carbons (Fsp3) is 0.400. The molecular weight excluding hydrogens is 294 g/mol. The summed E-state index contributed by atoms with van der Waals surface area (Å²) in [5, 5.41) is -0.221. The van der Waals surface area contributed by atoms with E-state index >= 15 is 0 Å². The van der Waals surface area contributed by atoms with Crippen molar-refractivity contribution in [3.8, 4) is 5.75 Å². The first kappa shape index (κ1) is 11.7. The van der Waals surface area contributed by atoms with Gasteiger partial charge in [0.1, 0.15) is 5.75 Å². The van der Waals surface area contributed by atoms with Gasteiger partial charge in [-0.1, -0.05) is 0 Å². The number of anilines is 1. The van der Waals surface area contributed by atoms with Crippen LogP contribution in [0.4, 0.5) is 5.69 Å². The van der Waals surface area contributed by atoms with Crippen LogP contribution >= 0.6 is 15.9 Å². The molecule has 0 amide bonds. The Balaban J connectivity index is 2.21. The molecule has 2 rings (SSSR count). The van der Waals surface area contributed by atoms with Gasteiger partial charge in [0, 0.05) is 4.47 Å². The number of benzene rings is 1. The quantitative estimate of drug-likeness (QED) is 0.929. The summed E-state index contributed by atoms with van der Waals surface area (Å²) in [6.45, 7) is 0. The third-order valence-corrected chi connectivity index (χ3v) is 4.90. The summed E-state index contributed by atoms with van der Waals surface area (Å²) >= 11 is 3.30. The summed E-state index contributed by atoms with van der Waals surface area (Å²) in [6.07, 6.45) is 1.51. The van der Waals surface area contributed by atoms with E-state index in [1.54, 1.807) is 25.3 Å². The Kier molecular flexibility index (Phi) is 3.12. The van der Waals surface area contributed by atoms with Crippen LogP contribution in [0.1, 0.15) is 12.8 Å². The molecule has 1 N–H and O–H groups in total. The van der Waals surface area contributed by atoms with Gasteiger partial charge in [0.2, 0.25) is 10.0 Å². The van der Waals surface area contributed by atoms with E-state index in [-0.39, 0.29) is 5.25 Å². The molecule has 0 aromatic heterocycles. The third kappa shape index (κ3) is 2.49. The van der Waals surface area contributed by atoms with Gasteiger partial charge in [-0.25, -0.2) is 8.42 Å². The average Bonchev–Trinajstić information content (AvgIpc) is 3.04. The van der Waals surface area contributed by atoms with Gasteiger partial charge < -0.3 is 4.74 Å². The molecule has 0 bridgehead atoms. The molecule has 0 atom stereocenters. The number of nitrogens with one attached hydrogen (secondary N) is 1. The minimum absolute atomic E-state index is 0.221. The van der Waals surface area contributed by atoms with E-state index in [9.17, 15) is 8.42 Å². The average molecular weight is 306 g/mol. The number of methoxy groups -OCH3 is 1. The Bertz CT molecular complexity index is 497. The lowest BCUT2D eigenvalue weighted by Gasteiger charge is -2.09. The van der Waals surface area contributed by atoms with Crippen molar-refractivity contribution in [3.05, 3.63) is 22.7 Å². The molecule has 1 fully saturated rings. The first-order valence-corrected chi connectivity index (χ1v) is 7.22. The van der Waals surface area contributed by atoms with E-state index in [0.29, 0.717) is 15.9 Å². The van der Waals surface area contributed by atoms with Crippen LogP contribution in [-0.2, 0) is 10.0 Å². The molecule has 0 aliphatic heterocycles. The third-order valence-electron chi connectivity index (χ3n) is 2.39. The highest BCUT2D eigenvalue weighted by atomic mass is 79.9. The highest BCUT2D eigenvalue weighted by molar-refractivity contribution is 9.10. The van der Waals surface area contributed by atoms with Gasteiger partial charge in [0.05, 0.1) is 18.0 Å². The molecule has 16 heavy (non-hydrogen) atoms. The van der Waals surface area contributed by atoms with Crippen LogP contribution in [0.25, 0.3) is 0 Å². The van der Waals surface area contributed by atoms with Crippen LogP contribution in [0.15, 0.2) is 22.7 Å². The second-order valence-corrected chi connectivity index (χ2v) is 6.51. The summed E-state index contributed by atoms with van der Waals surface area (Å²) in [7, 11) is -1.64. The van der Waals surface area contributed by atoms with Gasteiger partial charge in [0.15, 0.2) is 0 Å². The van der Waals surface area contributed by atoms with E-state index in [4.69, 9.17) is 4.74 Å². The first-order valence-electron chi connectivity index (χ1n) is 4.88. The fourth-order valence-corrected chi connectivity index (χ4v) is 3.32. The molecule has 1 aliphatic rings. The molecule has 1 aromatic carbocycles. The van der Waals surface area contributed by atoms with Crippen molar-refractivity contribution < 1.29 is 13.2 Å². The Morgan fingerprint density at radius 1 is 1.44 bits per heavy atom. The molecule has 6 heteroatoms. The SMILES string of the molecule is COc1ccc(NS(=O)(=O)C2CC2)c(Br)c1. The first-order chi connectivity index (χ1) is 7.53. The Morgan fingerprint density at radius 2 is 2.12 bits per heavy atom. The zero-order valence-corrected chi connectivity index (χ0v) is 11.1. The molecule has 0 spiro atoms. The molecule has 0 saturated heterocycles. The van der Waals surface area contributed by atoms with Crippen molar-refractivity contribution in [1.29, 1.82) is 0 Å². The van der Waals surface area contributed by atoms with Crippen LogP contribution in [0.2, 0.25) is 0 Å². The minimum atomic E-state index is -3.20. The predicted octanol–water partition coefficient (Wildman–Crippen LogP) is 2.36. The zero-order valence-electron chi connectivity index (χ0n) is 8.73. The molecule has 88 valence electrons. The molecular formula is C10H12BrNO3S. The molecule has 0 unspecified atom stereocenters. The van der Waals surface area contributed by atoms with E-state index in [1.165, 1.54) is 0 Å². The number of hydrogen-bond acceptors (Lipinski definition) is 3. The topological polar surface area (TPSA) is 55.4 Å². The van der Waals surface area contributed by atoms with Crippen molar-refractivity contribution >= 4 is 31.6 Å². The van der Waals surface area contributed by atoms with Gasteiger partial charge in [-0.2, -0.15) is 0 Å². The van der Waals surface area contributed by atoms with Gasteiger partial charge in [-0.15, -0.1) is 0 Å². The van der Waals surface area contributed by atoms with Crippen molar-refractivity contribution in [2.45, 2.75) is 18.1 Å². The maximum atomic E-state index is 11.7. The largest absolute Gasteiger partial charge is 0.497 e. The van der Waals surface area contributed by atoms with Gasteiger partial charge in [0.25, 0.3) is 0 Å². The van der Waals surface area contributed by atoms with Crippen LogP contribution in [0.3, 0.4) is 0 Å². The summed E-state index contributed by atoms with van der Waals surface area (Å²) in [5.41, 5.74) is 0.549. The highest BCUT2D eigenvalue weighted by Crippen LogP contribution is 2.33. The monoisotopic (exact) mass is 305 g/mol. The predicted molar refractivity (Wildman–Crippen MR) is 66.3 cm³/mol. The molecule has 0 radical (unpaired) electrons. The maximum absolute atomic E-state index is 11.7. The van der Waals surface area contributed by atoms with Gasteiger partial charge in [-0.3, -0.25) is 4.72 Å². The van der Waals surface area contributed by atoms with E-state index in [2.05, 4.69) is 20.7 Å².